The lowest BCUT2D eigenvalue weighted by atomic mass is 10.1. The lowest BCUT2D eigenvalue weighted by molar-refractivity contribution is -0.116. The summed E-state index contributed by atoms with van der Waals surface area (Å²) in [6.07, 6.45) is 8.15. The van der Waals surface area contributed by atoms with Crippen molar-refractivity contribution in [2.45, 2.75) is 25.3 Å². The van der Waals surface area contributed by atoms with Gasteiger partial charge in [0, 0.05) is 24.7 Å². The van der Waals surface area contributed by atoms with E-state index in [2.05, 4.69) is 40.4 Å². The topological polar surface area (TPSA) is 32.3 Å². The predicted octanol–water partition coefficient (Wildman–Crippen LogP) is 3.64. The molecule has 1 atom stereocenters. The molecule has 0 bridgehead atoms. The average molecular weight is 318 g/mol. The van der Waals surface area contributed by atoms with Gasteiger partial charge in [-0.05, 0) is 36.1 Å². The molecule has 1 aliphatic rings. The molecule has 0 aliphatic heterocycles. The van der Waals surface area contributed by atoms with E-state index in [1.165, 1.54) is 11.1 Å². The van der Waals surface area contributed by atoms with E-state index in [9.17, 15) is 4.79 Å². The van der Waals surface area contributed by atoms with Crippen LogP contribution in [-0.4, -0.2) is 23.9 Å². The van der Waals surface area contributed by atoms with Crippen molar-refractivity contribution in [3.63, 3.8) is 0 Å². The molecule has 1 N–H and O–H groups in total. The molecular formula is C21H22N2O. The van der Waals surface area contributed by atoms with Gasteiger partial charge >= 0.3 is 0 Å². The quantitative estimate of drug-likeness (QED) is 0.825. The van der Waals surface area contributed by atoms with Gasteiger partial charge in [0.05, 0.1) is 6.54 Å². The maximum Gasteiger partial charge on any atom is 0.225 e. The van der Waals surface area contributed by atoms with Crippen molar-refractivity contribution < 1.29 is 4.79 Å². The fraction of sp³-hybridized carbons (Fsp3) is 0.286. The third kappa shape index (κ3) is 3.84. The number of nitrogens with zero attached hydrogens (tertiary/aromatic N) is 1. The fourth-order valence-electron chi connectivity index (χ4n) is 3.37. The summed E-state index contributed by atoms with van der Waals surface area (Å²) < 4.78 is 0. The molecule has 1 amide bonds. The van der Waals surface area contributed by atoms with E-state index in [1.54, 1.807) is 0 Å². The minimum atomic E-state index is 0.0227. The van der Waals surface area contributed by atoms with Crippen LogP contribution < -0.4 is 5.32 Å². The van der Waals surface area contributed by atoms with Crippen LogP contribution in [0.4, 0.5) is 5.69 Å². The number of nitrogens with one attached hydrogen (secondary N) is 1. The first-order valence-corrected chi connectivity index (χ1v) is 8.38. The van der Waals surface area contributed by atoms with Crippen molar-refractivity contribution >= 4 is 11.6 Å². The number of carbonyl (C=O) groups excluding carboxylic acids is 1. The second kappa shape index (κ2) is 7.81. The smallest absolute Gasteiger partial charge is 0.225 e. The zero-order valence-electron chi connectivity index (χ0n) is 13.7. The Morgan fingerprint density at radius 2 is 1.92 bits per heavy atom. The Labute approximate surface area is 143 Å². The molecule has 2 aromatic rings. The first-order valence-electron chi connectivity index (χ1n) is 8.38. The number of hydrogen-bond donors (Lipinski definition) is 1. The predicted molar refractivity (Wildman–Crippen MR) is 97.6 cm³/mol. The molecule has 1 aliphatic carbocycles. The lowest BCUT2D eigenvalue weighted by Crippen LogP contribution is -2.31. The molecule has 1 unspecified atom stereocenters. The number of aryl methyl sites for hydroxylation is 1. The van der Waals surface area contributed by atoms with Gasteiger partial charge in [-0.1, -0.05) is 48.4 Å². The maximum atomic E-state index is 12.2. The molecule has 0 radical (unpaired) electrons. The van der Waals surface area contributed by atoms with Crippen LogP contribution >= 0.6 is 0 Å². The van der Waals surface area contributed by atoms with Crippen molar-refractivity contribution in [2.75, 3.05) is 18.4 Å². The van der Waals surface area contributed by atoms with Gasteiger partial charge in [0.2, 0.25) is 5.91 Å². The number of benzene rings is 2. The minimum Gasteiger partial charge on any atom is -0.326 e. The van der Waals surface area contributed by atoms with E-state index < -0.39 is 0 Å². The standard InChI is InChI=1S/C21H22N2O/c1-2-15-23(20-13-12-17-8-6-7-11-19(17)20)16-14-21(24)22-18-9-4-3-5-10-18/h1,3-11,20H,12-16H2,(H,22,24). The summed E-state index contributed by atoms with van der Waals surface area (Å²) in [6.45, 7) is 1.24. The number of terminal acetylenes is 1. The summed E-state index contributed by atoms with van der Waals surface area (Å²) in [5, 5.41) is 2.93. The zero-order chi connectivity index (χ0) is 16.8. The summed E-state index contributed by atoms with van der Waals surface area (Å²) in [6, 6.07) is 18.4. The lowest BCUT2D eigenvalue weighted by Gasteiger charge is -2.27. The van der Waals surface area contributed by atoms with Crippen molar-refractivity contribution in [1.29, 1.82) is 0 Å². The Kier molecular flexibility index (Phi) is 5.30. The summed E-state index contributed by atoms with van der Waals surface area (Å²) in [7, 11) is 0. The van der Waals surface area contributed by atoms with E-state index in [0.717, 1.165) is 18.5 Å². The maximum absolute atomic E-state index is 12.2. The molecule has 3 rings (SSSR count). The number of para-hydroxylation sites is 1. The molecule has 3 nitrogen and oxygen atoms in total. The fourth-order valence-corrected chi connectivity index (χ4v) is 3.37. The highest BCUT2D eigenvalue weighted by Crippen LogP contribution is 2.35. The first-order chi connectivity index (χ1) is 11.8. The Hall–Kier alpha value is -2.57. The Balaban J connectivity index is 1.61. The van der Waals surface area contributed by atoms with Gasteiger partial charge in [-0.15, -0.1) is 6.42 Å². The molecule has 122 valence electrons. The van der Waals surface area contributed by atoms with Gasteiger partial charge in [0.1, 0.15) is 0 Å². The van der Waals surface area contributed by atoms with Gasteiger partial charge in [0.25, 0.3) is 0 Å². The van der Waals surface area contributed by atoms with Gasteiger partial charge in [0.15, 0.2) is 0 Å². The number of amides is 1. The summed E-state index contributed by atoms with van der Waals surface area (Å²) >= 11 is 0. The summed E-state index contributed by atoms with van der Waals surface area (Å²) in [5.74, 6) is 2.77. The van der Waals surface area contributed by atoms with Gasteiger partial charge in [-0.3, -0.25) is 9.69 Å². The normalized spacial score (nSPS) is 15.8. The van der Waals surface area contributed by atoms with E-state index in [0.29, 0.717) is 25.6 Å². The van der Waals surface area contributed by atoms with E-state index >= 15 is 0 Å². The molecule has 0 spiro atoms. The number of hydrogen-bond acceptors (Lipinski definition) is 2. The van der Waals surface area contributed by atoms with Crippen molar-refractivity contribution in [3.8, 4) is 12.3 Å². The monoisotopic (exact) mass is 318 g/mol. The Morgan fingerprint density at radius 1 is 1.17 bits per heavy atom. The second-order valence-electron chi connectivity index (χ2n) is 6.09. The molecule has 0 aromatic heterocycles. The van der Waals surface area contributed by atoms with Crippen LogP contribution in [0.5, 0.6) is 0 Å². The largest absolute Gasteiger partial charge is 0.326 e. The Morgan fingerprint density at radius 3 is 2.71 bits per heavy atom. The number of carbonyl (C=O) groups is 1. The van der Waals surface area contributed by atoms with Crippen LogP contribution in [0.1, 0.15) is 30.0 Å². The zero-order valence-corrected chi connectivity index (χ0v) is 13.7. The van der Waals surface area contributed by atoms with Crippen LogP contribution in [0, 0.1) is 12.3 Å². The highest BCUT2D eigenvalue weighted by atomic mass is 16.1. The van der Waals surface area contributed by atoms with E-state index in [1.807, 2.05) is 30.3 Å². The molecule has 0 saturated heterocycles. The van der Waals surface area contributed by atoms with Crippen molar-refractivity contribution in [2.24, 2.45) is 0 Å². The third-order valence-corrected chi connectivity index (χ3v) is 4.52. The molecule has 3 heteroatoms. The molecular weight excluding hydrogens is 296 g/mol. The summed E-state index contributed by atoms with van der Waals surface area (Å²) in [4.78, 5) is 14.4. The summed E-state index contributed by atoms with van der Waals surface area (Å²) in [5.41, 5.74) is 3.59. The first kappa shape index (κ1) is 16.3. The molecule has 0 fully saturated rings. The molecule has 0 heterocycles. The van der Waals surface area contributed by atoms with E-state index in [4.69, 9.17) is 6.42 Å². The highest BCUT2D eigenvalue weighted by Gasteiger charge is 2.27. The van der Waals surface area contributed by atoms with Crippen LogP contribution in [0.2, 0.25) is 0 Å². The molecule has 24 heavy (non-hydrogen) atoms. The third-order valence-electron chi connectivity index (χ3n) is 4.52. The van der Waals surface area contributed by atoms with Gasteiger partial charge < -0.3 is 5.32 Å². The van der Waals surface area contributed by atoms with Gasteiger partial charge in [-0.25, -0.2) is 0 Å². The number of anilines is 1. The van der Waals surface area contributed by atoms with Gasteiger partial charge in [-0.2, -0.15) is 0 Å². The SMILES string of the molecule is C#CCN(CCC(=O)Nc1ccccc1)C1CCc2ccccc21. The second-order valence-corrected chi connectivity index (χ2v) is 6.09. The number of rotatable bonds is 6. The van der Waals surface area contributed by atoms with Crippen molar-refractivity contribution in [3.05, 3.63) is 65.7 Å². The van der Waals surface area contributed by atoms with Crippen LogP contribution in [0.15, 0.2) is 54.6 Å². The van der Waals surface area contributed by atoms with Crippen LogP contribution in [-0.2, 0) is 11.2 Å². The minimum absolute atomic E-state index is 0.0227. The Bertz CT molecular complexity index is 733. The van der Waals surface area contributed by atoms with Crippen LogP contribution in [0.25, 0.3) is 0 Å². The number of fused-ring (bicyclic) bond motifs is 1. The molecule has 2 aromatic carbocycles. The van der Waals surface area contributed by atoms with Crippen LogP contribution in [0.3, 0.4) is 0 Å². The molecule has 0 saturated carbocycles. The van der Waals surface area contributed by atoms with Crippen molar-refractivity contribution in [1.82, 2.24) is 4.90 Å². The average Bonchev–Trinajstić information content (AvgIpc) is 3.03. The van der Waals surface area contributed by atoms with E-state index in [-0.39, 0.29) is 5.91 Å². The highest BCUT2D eigenvalue weighted by molar-refractivity contribution is 5.90.